The van der Waals surface area contributed by atoms with Gasteiger partial charge in [-0.15, -0.1) is 0 Å². The Kier molecular flexibility index (Phi) is 3.91. The summed E-state index contributed by atoms with van der Waals surface area (Å²) in [7, 11) is -2.49. The zero-order valence-electron chi connectivity index (χ0n) is 12.8. The molecule has 24 heavy (non-hydrogen) atoms. The maximum Gasteiger partial charge on any atom is 0.391 e. The topological polar surface area (TPSA) is 49.7 Å². The first-order valence-electron chi connectivity index (χ1n) is 7.59. The third-order valence-corrected chi connectivity index (χ3v) is 4.46. The van der Waals surface area contributed by atoms with Crippen LogP contribution in [0.2, 0.25) is 0 Å². The van der Waals surface area contributed by atoms with Crippen molar-refractivity contribution in [3.05, 3.63) is 78.9 Å². The van der Waals surface area contributed by atoms with Gasteiger partial charge in [0.25, 0.3) is 0 Å². The van der Waals surface area contributed by atoms with Crippen molar-refractivity contribution in [3.8, 4) is 16.9 Å². The first-order valence-corrected chi connectivity index (χ1v) is 8.76. The minimum Gasteiger partial charge on any atom is -0.426 e. The molecule has 3 nitrogen and oxygen atoms in total. The molecule has 0 atom stereocenters. The van der Waals surface area contributed by atoms with Crippen molar-refractivity contribution >= 4 is 30.1 Å². The van der Waals surface area contributed by atoms with E-state index >= 15 is 0 Å². The SMILES string of the molecule is OP(O)Oc1c(-c2ccc3ccccc3c2)ccc2ccccc12. The summed E-state index contributed by atoms with van der Waals surface area (Å²) in [6, 6.07) is 26.1. The van der Waals surface area contributed by atoms with Gasteiger partial charge in [-0.05, 0) is 33.9 Å². The van der Waals surface area contributed by atoms with Crippen molar-refractivity contribution in [2.24, 2.45) is 0 Å². The third-order valence-electron chi connectivity index (χ3n) is 4.11. The minimum atomic E-state index is -2.49. The lowest BCUT2D eigenvalue weighted by atomic mass is 9.97. The molecule has 0 saturated heterocycles. The summed E-state index contributed by atoms with van der Waals surface area (Å²) in [5, 5.41) is 4.15. The summed E-state index contributed by atoms with van der Waals surface area (Å²) in [6.07, 6.45) is 0. The molecule has 4 aromatic carbocycles. The summed E-state index contributed by atoms with van der Waals surface area (Å²) in [5.74, 6) is 0.500. The highest BCUT2D eigenvalue weighted by Gasteiger charge is 2.14. The normalized spacial score (nSPS) is 11.3. The Bertz CT molecular complexity index is 1030. The molecule has 0 aliphatic carbocycles. The van der Waals surface area contributed by atoms with Crippen LogP contribution in [0, 0.1) is 0 Å². The van der Waals surface area contributed by atoms with Gasteiger partial charge >= 0.3 is 8.60 Å². The predicted molar refractivity (Wildman–Crippen MR) is 98.9 cm³/mol. The second kappa shape index (κ2) is 6.21. The van der Waals surface area contributed by atoms with Crippen molar-refractivity contribution in [2.45, 2.75) is 0 Å². The molecular weight excluding hydrogens is 319 g/mol. The highest BCUT2D eigenvalue weighted by molar-refractivity contribution is 7.39. The van der Waals surface area contributed by atoms with Crippen LogP contribution < -0.4 is 4.52 Å². The molecule has 0 aliphatic heterocycles. The lowest BCUT2D eigenvalue weighted by molar-refractivity contribution is 0.377. The fourth-order valence-corrected chi connectivity index (χ4v) is 3.37. The average Bonchev–Trinajstić information content (AvgIpc) is 2.61. The molecule has 4 heteroatoms. The van der Waals surface area contributed by atoms with E-state index in [-0.39, 0.29) is 0 Å². The maximum atomic E-state index is 9.41. The van der Waals surface area contributed by atoms with Gasteiger partial charge in [-0.2, -0.15) is 0 Å². The van der Waals surface area contributed by atoms with Gasteiger partial charge in [-0.1, -0.05) is 66.7 Å². The van der Waals surface area contributed by atoms with Crippen molar-refractivity contribution in [3.63, 3.8) is 0 Å². The number of rotatable bonds is 3. The average molecular weight is 334 g/mol. The fourth-order valence-electron chi connectivity index (χ4n) is 3.01. The van der Waals surface area contributed by atoms with Crippen molar-refractivity contribution < 1.29 is 14.3 Å². The Morgan fingerprint density at radius 1 is 0.667 bits per heavy atom. The lowest BCUT2D eigenvalue weighted by Gasteiger charge is -2.15. The van der Waals surface area contributed by atoms with E-state index in [4.69, 9.17) is 4.52 Å². The van der Waals surface area contributed by atoms with E-state index in [1.54, 1.807) is 0 Å². The van der Waals surface area contributed by atoms with Gasteiger partial charge in [0.2, 0.25) is 0 Å². The van der Waals surface area contributed by atoms with Gasteiger partial charge in [-0.25, -0.2) is 0 Å². The van der Waals surface area contributed by atoms with E-state index in [0.29, 0.717) is 5.75 Å². The van der Waals surface area contributed by atoms with Crippen molar-refractivity contribution in [2.75, 3.05) is 0 Å². The molecule has 118 valence electrons. The van der Waals surface area contributed by atoms with Crippen LogP contribution in [0.3, 0.4) is 0 Å². The van der Waals surface area contributed by atoms with Crippen LogP contribution in [-0.4, -0.2) is 9.79 Å². The van der Waals surface area contributed by atoms with Crippen LogP contribution in [0.25, 0.3) is 32.7 Å². The first kappa shape index (κ1) is 15.1. The molecule has 0 radical (unpaired) electrons. The van der Waals surface area contributed by atoms with Crippen LogP contribution in [0.15, 0.2) is 78.9 Å². The first-order chi connectivity index (χ1) is 11.7. The van der Waals surface area contributed by atoms with Crippen LogP contribution in [0.4, 0.5) is 0 Å². The molecule has 0 aliphatic rings. The Labute approximate surface area is 140 Å². The zero-order chi connectivity index (χ0) is 16.5. The molecule has 0 aromatic heterocycles. The van der Waals surface area contributed by atoms with E-state index in [0.717, 1.165) is 32.7 Å². The number of benzene rings is 4. The third kappa shape index (κ3) is 2.74. The second-order valence-electron chi connectivity index (χ2n) is 5.57. The quantitative estimate of drug-likeness (QED) is 0.503. The molecule has 2 N–H and O–H groups in total. The monoisotopic (exact) mass is 334 g/mol. The minimum absolute atomic E-state index is 0.500. The van der Waals surface area contributed by atoms with Gasteiger partial charge in [0, 0.05) is 10.9 Å². The van der Waals surface area contributed by atoms with Crippen LogP contribution >= 0.6 is 8.60 Å². The predicted octanol–water partition coefficient (Wildman–Crippen LogP) is 5.25. The molecule has 0 heterocycles. The Morgan fingerprint density at radius 3 is 2.12 bits per heavy atom. The van der Waals surface area contributed by atoms with E-state index < -0.39 is 8.60 Å². The Balaban J connectivity index is 1.96. The second-order valence-corrected chi connectivity index (χ2v) is 6.26. The summed E-state index contributed by atoms with van der Waals surface area (Å²) >= 11 is 0. The van der Waals surface area contributed by atoms with Crippen molar-refractivity contribution in [1.82, 2.24) is 0 Å². The number of fused-ring (bicyclic) bond motifs is 2. The number of hydrogen-bond acceptors (Lipinski definition) is 3. The van der Waals surface area contributed by atoms with Crippen molar-refractivity contribution in [1.29, 1.82) is 0 Å². The van der Waals surface area contributed by atoms with Crippen LogP contribution in [0.1, 0.15) is 0 Å². The molecule has 0 spiro atoms. The lowest BCUT2D eigenvalue weighted by Crippen LogP contribution is -1.91. The van der Waals surface area contributed by atoms with Crippen LogP contribution in [0.5, 0.6) is 5.75 Å². The highest BCUT2D eigenvalue weighted by atomic mass is 31.2. The summed E-state index contributed by atoms with van der Waals surface area (Å²) < 4.78 is 5.40. The summed E-state index contributed by atoms with van der Waals surface area (Å²) in [5.41, 5.74) is 1.82. The van der Waals surface area contributed by atoms with Gasteiger partial charge in [0.1, 0.15) is 5.75 Å². The molecule has 0 amide bonds. The van der Waals surface area contributed by atoms with Gasteiger partial charge < -0.3 is 14.3 Å². The van der Waals surface area contributed by atoms with E-state index in [2.05, 4.69) is 24.3 Å². The van der Waals surface area contributed by atoms with E-state index in [1.165, 1.54) is 0 Å². The highest BCUT2D eigenvalue weighted by Crippen LogP contribution is 2.42. The smallest absolute Gasteiger partial charge is 0.391 e. The molecule has 0 bridgehead atoms. The Morgan fingerprint density at radius 2 is 1.33 bits per heavy atom. The van der Waals surface area contributed by atoms with E-state index in [1.807, 2.05) is 54.6 Å². The molecule has 0 saturated carbocycles. The van der Waals surface area contributed by atoms with E-state index in [9.17, 15) is 9.79 Å². The van der Waals surface area contributed by atoms with Gasteiger partial charge in [0.05, 0.1) is 0 Å². The van der Waals surface area contributed by atoms with Crippen LogP contribution in [-0.2, 0) is 0 Å². The molecule has 4 rings (SSSR count). The summed E-state index contributed by atoms with van der Waals surface area (Å²) in [6.45, 7) is 0. The zero-order valence-corrected chi connectivity index (χ0v) is 13.6. The van der Waals surface area contributed by atoms with Gasteiger partial charge in [0.15, 0.2) is 0 Å². The fraction of sp³-hybridized carbons (Fsp3) is 0. The Hall–Kier alpha value is -2.45. The molecule has 0 fully saturated rings. The standard InChI is InChI=1S/C20H15O3P/c21-24(22)23-20-18-8-4-3-6-15(18)11-12-19(20)17-10-9-14-5-1-2-7-16(14)13-17/h1-13,21-22H. The van der Waals surface area contributed by atoms with Gasteiger partial charge in [-0.3, -0.25) is 0 Å². The molecular formula is C20H15O3P. The number of hydrogen-bond donors (Lipinski definition) is 2. The molecule has 0 unspecified atom stereocenters. The largest absolute Gasteiger partial charge is 0.426 e. The summed E-state index contributed by atoms with van der Waals surface area (Å²) in [4.78, 5) is 18.8. The maximum absolute atomic E-state index is 9.41. The molecule has 4 aromatic rings.